The molecule has 1 aromatic carbocycles. The predicted molar refractivity (Wildman–Crippen MR) is 81.5 cm³/mol. The van der Waals surface area contributed by atoms with Gasteiger partial charge in [0, 0.05) is 18.0 Å². The SMILES string of the molecule is CC[C@@]1(C(=O)O)[C@@H](c2ccccc2)[C@@H]1c1ccc(C(F)(F)F)nc1. The Hall–Kier alpha value is -2.37. The van der Waals surface area contributed by atoms with Gasteiger partial charge in [0.1, 0.15) is 5.69 Å². The Morgan fingerprint density at radius 3 is 2.21 bits per heavy atom. The number of carboxylic acids is 1. The molecule has 0 saturated heterocycles. The molecule has 3 rings (SSSR count). The highest BCUT2D eigenvalue weighted by Crippen LogP contribution is 2.72. The maximum Gasteiger partial charge on any atom is 0.433 e. The average molecular weight is 335 g/mol. The number of pyridine rings is 1. The van der Waals surface area contributed by atoms with E-state index in [4.69, 9.17) is 0 Å². The first-order chi connectivity index (χ1) is 11.3. The number of benzene rings is 1. The van der Waals surface area contributed by atoms with Crippen LogP contribution in [0.25, 0.3) is 0 Å². The van der Waals surface area contributed by atoms with Crippen molar-refractivity contribution in [3.05, 3.63) is 65.5 Å². The molecule has 1 aromatic heterocycles. The molecule has 1 N–H and O–H groups in total. The lowest BCUT2D eigenvalue weighted by Gasteiger charge is -2.10. The molecule has 0 aliphatic heterocycles. The van der Waals surface area contributed by atoms with E-state index in [2.05, 4.69) is 4.98 Å². The number of alkyl halides is 3. The molecule has 0 radical (unpaired) electrons. The van der Waals surface area contributed by atoms with Crippen molar-refractivity contribution in [2.24, 2.45) is 5.41 Å². The molecule has 24 heavy (non-hydrogen) atoms. The molecule has 0 bridgehead atoms. The van der Waals surface area contributed by atoms with Crippen LogP contribution in [-0.2, 0) is 11.0 Å². The summed E-state index contributed by atoms with van der Waals surface area (Å²) >= 11 is 0. The molecule has 1 aliphatic carbocycles. The molecule has 3 atom stereocenters. The van der Waals surface area contributed by atoms with E-state index in [1.807, 2.05) is 30.3 Å². The number of hydrogen-bond acceptors (Lipinski definition) is 2. The van der Waals surface area contributed by atoms with Crippen LogP contribution in [0.1, 0.15) is 42.0 Å². The Kier molecular flexibility index (Phi) is 3.86. The fraction of sp³-hybridized carbons (Fsp3) is 0.333. The van der Waals surface area contributed by atoms with Gasteiger partial charge in [-0.05, 0) is 23.6 Å². The van der Waals surface area contributed by atoms with Gasteiger partial charge >= 0.3 is 12.1 Å². The monoisotopic (exact) mass is 335 g/mol. The van der Waals surface area contributed by atoms with Gasteiger partial charge < -0.3 is 5.11 Å². The Morgan fingerprint density at radius 1 is 1.12 bits per heavy atom. The molecule has 126 valence electrons. The molecule has 0 amide bonds. The Balaban J connectivity index is 2.00. The van der Waals surface area contributed by atoms with E-state index in [9.17, 15) is 23.1 Å². The molecule has 1 saturated carbocycles. The highest BCUT2D eigenvalue weighted by Gasteiger charge is 2.69. The van der Waals surface area contributed by atoms with Gasteiger partial charge in [0.15, 0.2) is 0 Å². The Labute approximate surface area is 137 Å². The summed E-state index contributed by atoms with van der Waals surface area (Å²) in [5, 5.41) is 9.75. The van der Waals surface area contributed by atoms with Gasteiger partial charge in [-0.2, -0.15) is 13.2 Å². The third-order valence-electron chi connectivity index (χ3n) is 4.91. The highest BCUT2D eigenvalue weighted by atomic mass is 19.4. The summed E-state index contributed by atoms with van der Waals surface area (Å²) in [7, 11) is 0. The minimum absolute atomic E-state index is 0.264. The molecule has 3 nitrogen and oxygen atoms in total. The van der Waals surface area contributed by atoms with E-state index in [0.717, 1.165) is 17.8 Å². The topological polar surface area (TPSA) is 50.2 Å². The van der Waals surface area contributed by atoms with E-state index in [-0.39, 0.29) is 11.8 Å². The molecule has 1 aliphatic rings. The van der Waals surface area contributed by atoms with Crippen LogP contribution in [0.2, 0.25) is 0 Å². The largest absolute Gasteiger partial charge is 0.481 e. The van der Waals surface area contributed by atoms with Gasteiger partial charge in [-0.15, -0.1) is 0 Å². The van der Waals surface area contributed by atoms with Gasteiger partial charge in [-0.3, -0.25) is 9.78 Å². The minimum Gasteiger partial charge on any atom is -0.481 e. The van der Waals surface area contributed by atoms with E-state index in [1.165, 1.54) is 6.07 Å². The van der Waals surface area contributed by atoms with Gasteiger partial charge in [0.05, 0.1) is 5.41 Å². The third kappa shape index (κ3) is 2.46. The van der Waals surface area contributed by atoms with Crippen LogP contribution < -0.4 is 0 Å². The fourth-order valence-corrected chi connectivity index (χ4v) is 3.69. The maximum atomic E-state index is 12.7. The second-order valence-corrected chi connectivity index (χ2v) is 6.04. The summed E-state index contributed by atoms with van der Waals surface area (Å²) in [4.78, 5) is 15.4. The van der Waals surface area contributed by atoms with Crippen molar-refractivity contribution in [3.63, 3.8) is 0 Å². The summed E-state index contributed by atoms with van der Waals surface area (Å²) in [6.07, 6.45) is -2.95. The molecule has 1 heterocycles. The number of hydrogen-bond donors (Lipinski definition) is 1. The normalized spacial score (nSPS) is 26.2. The van der Waals surface area contributed by atoms with Crippen molar-refractivity contribution in [1.82, 2.24) is 4.98 Å². The average Bonchev–Trinajstić information content (AvgIpc) is 3.25. The van der Waals surface area contributed by atoms with E-state index in [1.54, 1.807) is 6.92 Å². The van der Waals surface area contributed by atoms with E-state index < -0.39 is 23.3 Å². The lowest BCUT2D eigenvalue weighted by atomic mass is 9.95. The number of halogens is 3. The molecule has 1 fully saturated rings. The van der Waals surface area contributed by atoms with Crippen LogP contribution >= 0.6 is 0 Å². The molecule has 2 aromatic rings. The minimum atomic E-state index is -4.50. The number of aliphatic carboxylic acids is 1. The second kappa shape index (κ2) is 5.61. The third-order valence-corrected chi connectivity index (χ3v) is 4.91. The van der Waals surface area contributed by atoms with E-state index >= 15 is 0 Å². The number of rotatable bonds is 4. The summed E-state index contributed by atoms with van der Waals surface area (Å²) in [6, 6.07) is 11.5. The van der Waals surface area contributed by atoms with Crippen molar-refractivity contribution in [2.45, 2.75) is 31.4 Å². The standard InChI is InChI=1S/C18H16F3NO2/c1-2-17(16(23)24)14(11-6-4-3-5-7-11)15(17)12-8-9-13(22-10-12)18(19,20)21/h3-10,14-15H,2H2,1H3,(H,23,24)/t14-,15-,17+/m0/s1. The molecule has 6 heteroatoms. The van der Waals surface area contributed by atoms with Gasteiger partial charge in [-0.25, -0.2) is 0 Å². The van der Waals surface area contributed by atoms with Crippen molar-refractivity contribution >= 4 is 5.97 Å². The number of nitrogens with zero attached hydrogens (tertiary/aromatic N) is 1. The van der Waals surface area contributed by atoms with Crippen molar-refractivity contribution in [3.8, 4) is 0 Å². The zero-order valence-corrected chi connectivity index (χ0v) is 12.9. The number of carboxylic acid groups (broad SMARTS) is 1. The van der Waals surface area contributed by atoms with Gasteiger partial charge in [0.2, 0.25) is 0 Å². The molecule has 0 spiro atoms. The quantitative estimate of drug-likeness (QED) is 0.897. The molecule has 0 unspecified atom stereocenters. The summed E-state index contributed by atoms with van der Waals surface area (Å²) in [5.41, 5.74) is -0.559. The number of aromatic nitrogens is 1. The van der Waals surface area contributed by atoms with Gasteiger partial charge in [-0.1, -0.05) is 43.3 Å². The van der Waals surface area contributed by atoms with Crippen LogP contribution in [0.4, 0.5) is 13.2 Å². The van der Waals surface area contributed by atoms with Crippen LogP contribution in [0.15, 0.2) is 48.7 Å². The highest BCUT2D eigenvalue weighted by molar-refractivity contribution is 5.83. The fourth-order valence-electron chi connectivity index (χ4n) is 3.69. The van der Waals surface area contributed by atoms with Crippen LogP contribution in [-0.4, -0.2) is 16.1 Å². The first-order valence-corrected chi connectivity index (χ1v) is 7.64. The van der Waals surface area contributed by atoms with Crippen molar-refractivity contribution in [1.29, 1.82) is 0 Å². The maximum absolute atomic E-state index is 12.7. The summed E-state index contributed by atoms with van der Waals surface area (Å²) < 4.78 is 38.0. The van der Waals surface area contributed by atoms with Crippen LogP contribution in [0.5, 0.6) is 0 Å². The second-order valence-electron chi connectivity index (χ2n) is 6.04. The first-order valence-electron chi connectivity index (χ1n) is 7.64. The predicted octanol–water partition coefficient (Wildman–Crippen LogP) is 4.46. The summed E-state index contributed by atoms with van der Waals surface area (Å²) in [6.45, 7) is 1.79. The smallest absolute Gasteiger partial charge is 0.433 e. The summed E-state index contributed by atoms with van der Waals surface area (Å²) in [5.74, 6) is -1.57. The van der Waals surface area contributed by atoms with Crippen molar-refractivity contribution < 1.29 is 23.1 Å². The van der Waals surface area contributed by atoms with Crippen molar-refractivity contribution in [2.75, 3.05) is 0 Å². The first kappa shape index (κ1) is 16.5. The lowest BCUT2D eigenvalue weighted by Crippen LogP contribution is -2.17. The Morgan fingerprint density at radius 2 is 1.75 bits per heavy atom. The lowest BCUT2D eigenvalue weighted by molar-refractivity contribution is -0.144. The molecular weight excluding hydrogens is 319 g/mol. The van der Waals surface area contributed by atoms with Crippen LogP contribution in [0, 0.1) is 5.41 Å². The van der Waals surface area contributed by atoms with Gasteiger partial charge in [0.25, 0.3) is 0 Å². The molecular formula is C18H16F3NO2. The van der Waals surface area contributed by atoms with Crippen LogP contribution in [0.3, 0.4) is 0 Å². The zero-order chi connectivity index (χ0) is 17.5. The number of carbonyl (C=O) groups is 1. The Bertz CT molecular complexity index is 743. The zero-order valence-electron chi connectivity index (χ0n) is 12.9. The van der Waals surface area contributed by atoms with E-state index in [0.29, 0.717) is 12.0 Å².